The van der Waals surface area contributed by atoms with E-state index in [1.54, 1.807) is 20.8 Å². The van der Waals surface area contributed by atoms with Crippen LogP contribution in [-0.2, 0) is 9.47 Å². The van der Waals surface area contributed by atoms with E-state index in [2.05, 4.69) is 16.0 Å². The summed E-state index contributed by atoms with van der Waals surface area (Å²) in [6, 6.07) is 0. The van der Waals surface area contributed by atoms with E-state index >= 15 is 0 Å². The van der Waals surface area contributed by atoms with Gasteiger partial charge >= 0.3 is 6.18 Å². The molecule has 1 aliphatic carbocycles. The average molecular weight is 340 g/mol. The number of quaternary nitrogens is 1. The van der Waals surface area contributed by atoms with Crippen LogP contribution in [0.4, 0.5) is 13.2 Å². The van der Waals surface area contributed by atoms with E-state index in [4.69, 9.17) is 9.47 Å². The number of methoxy groups -OCH3 is 1. The van der Waals surface area contributed by atoms with Crippen LogP contribution < -0.4 is 21.3 Å². The van der Waals surface area contributed by atoms with Crippen molar-refractivity contribution in [3.8, 4) is 0 Å². The van der Waals surface area contributed by atoms with Gasteiger partial charge in [-0.2, -0.15) is 13.2 Å². The Morgan fingerprint density at radius 1 is 1.30 bits per heavy atom. The Hall–Kier alpha value is -0.450. The normalized spacial score (nSPS) is 33.3. The lowest BCUT2D eigenvalue weighted by molar-refractivity contribution is -0.783. The van der Waals surface area contributed by atoms with Crippen LogP contribution >= 0.6 is 0 Å². The molecule has 0 spiro atoms. The summed E-state index contributed by atoms with van der Waals surface area (Å²) in [7, 11) is 3.33. The van der Waals surface area contributed by atoms with Gasteiger partial charge in [-0.1, -0.05) is 12.8 Å². The maximum atomic E-state index is 12.6. The zero-order valence-electron chi connectivity index (χ0n) is 13.5. The van der Waals surface area contributed by atoms with Crippen LogP contribution in [0.25, 0.3) is 0 Å². The van der Waals surface area contributed by atoms with E-state index in [9.17, 15) is 13.2 Å². The molecule has 0 aromatic rings. The minimum atomic E-state index is -4.34. The third-order valence-electron chi connectivity index (χ3n) is 4.51. The number of rotatable bonds is 7. The molecule has 136 valence electrons. The first-order valence-corrected chi connectivity index (χ1v) is 8.02. The molecule has 1 saturated heterocycles. The van der Waals surface area contributed by atoms with Crippen LogP contribution in [0.1, 0.15) is 25.7 Å². The van der Waals surface area contributed by atoms with Crippen LogP contribution in [0.5, 0.6) is 0 Å². The highest BCUT2D eigenvalue weighted by atomic mass is 19.4. The molecule has 23 heavy (non-hydrogen) atoms. The first-order chi connectivity index (χ1) is 10.9. The highest BCUT2D eigenvalue weighted by Gasteiger charge is 2.46. The molecule has 5 N–H and O–H groups in total. The fourth-order valence-corrected chi connectivity index (χ4v) is 3.55. The van der Waals surface area contributed by atoms with E-state index < -0.39 is 19.0 Å². The zero-order valence-corrected chi connectivity index (χ0v) is 13.5. The number of nitrogens with one attached hydrogen (secondary N) is 3. The van der Waals surface area contributed by atoms with Crippen molar-refractivity contribution >= 4 is 0 Å². The summed E-state index contributed by atoms with van der Waals surface area (Å²) in [5.74, 6) is 0.202. The number of hydrogen-bond donors (Lipinski definition) is 4. The lowest BCUT2D eigenvalue weighted by Crippen LogP contribution is -3.06. The van der Waals surface area contributed by atoms with E-state index in [0.29, 0.717) is 5.92 Å². The van der Waals surface area contributed by atoms with Gasteiger partial charge in [0.2, 0.25) is 0 Å². The third kappa shape index (κ3) is 5.54. The van der Waals surface area contributed by atoms with Crippen LogP contribution in [0, 0.1) is 18.5 Å². The van der Waals surface area contributed by atoms with Gasteiger partial charge in [-0.15, -0.1) is 0 Å². The highest BCUT2D eigenvalue weighted by Crippen LogP contribution is 2.36. The molecule has 9 heteroatoms. The topological polar surface area (TPSA) is 71.2 Å². The Kier molecular flexibility index (Phi) is 7.05. The molecule has 6 nitrogen and oxygen atoms in total. The smallest absolute Gasteiger partial charge is 0.411 e. The highest BCUT2D eigenvalue weighted by molar-refractivity contribution is 4.85. The number of nitrogens with two attached hydrogens (primary N) is 1. The number of halogens is 3. The number of ether oxygens (including phenoxy) is 2. The van der Waals surface area contributed by atoms with Gasteiger partial charge in [-0.05, 0) is 25.8 Å². The molecule has 1 aliphatic heterocycles. The summed E-state index contributed by atoms with van der Waals surface area (Å²) in [6.07, 6.45) is -1.37. The van der Waals surface area contributed by atoms with E-state index in [-0.39, 0.29) is 18.4 Å². The maximum Gasteiger partial charge on any atom is 0.411 e. The van der Waals surface area contributed by atoms with Crippen LogP contribution in [0.15, 0.2) is 0 Å². The SMILES string of the molecule is CN[CH-]NC1NC(OCC(F)(F)F)C(C2CCCC2)C(OC)[NH2+]1. The van der Waals surface area contributed by atoms with Gasteiger partial charge in [-0.3, -0.25) is 5.32 Å². The van der Waals surface area contributed by atoms with Gasteiger partial charge in [-0.25, -0.2) is 12.0 Å². The van der Waals surface area contributed by atoms with Gasteiger partial charge in [0.25, 0.3) is 0 Å². The molecule has 0 aromatic carbocycles. The predicted molar refractivity (Wildman–Crippen MR) is 77.4 cm³/mol. The van der Waals surface area contributed by atoms with Crippen molar-refractivity contribution in [1.82, 2.24) is 16.0 Å². The quantitative estimate of drug-likeness (QED) is 0.493. The molecule has 0 bridgehead atoms. The number of hydrogen-bond acceptors (Lipinski definition) is 5. The molecule has 1 saturated carbocycles. The molecular formula is C14H27F3N4O2. The Bertz CT molecular complexity index is 353. The maximum absolute atomic E-state index is 12.6. The minimum absolute atomic E-state index is 0.113. The summed E-state index contributed by atoms with van der Waals surface area (Å²) in [6.45, 7) is 0.365. The molecule has 4 atom stereocenters. The molecule has 2 fully saturated rings. The molecule has 0 radical (unpaired) electrons. The van der Waals surface area contributed by atoms with Crippen LogP contribution in [0.3, 0.4) is 0 Å². The predicted octanol–water partition coefficient (Wildman–Crippen LogP) is 0.0488. The van der Waals surface area contributed by atoms with Gasteiger partial charge in [0.05, 0.1) is 5.92 Å². The lowest BCUT2D eigenvalue weighted by Gasteiger charge is -2.44. The van der Waals surface area contributed by atoms with Crippen LogP contribution in [-0.4, -0.2) is 45.7 Å². The summed E-state index contributed by atoms with van der Waals surface area (Å²) in [5.41, 5.74) is 0. The second-order valence-electron chi connectivity index (χ2n) is 6.11. The third-order valence-corrected chi connectivity index (χ3v) is 4.51. The van der Waals surface area contributed by atoms with Gasteiger partial charge in [0, 0.05) is 7.11 Å². The Morgan fingerprint density at radius 2 is 2.00 bits per heavy atom. The van der Waals surface area contributed by atoms with Gasteiger partial charge in [0.1, 0.15) is 12.8 Å². The van der Waals surface area contributed by atoms with E-state index in [0.717, 1.165) is 25.7 Å². The first-order valence-electron chi connectivity index (χ1n) is 8.02. The fraction of sp³-hybridized carbons (Fsp3) is 0.929. The van der Waals surface area contributed by atoms with Crippen molar-refractivity contribution in [3.63, 3.8) is 0 Å². The van der Waals surface area contributed by atoms with Gasteiger partial charge in [0.15, 0.2) is 12.5 Å². The summed E-state index contributed by atoms with van der Waals surface area (Å²) in [5, 5.41) is 10.9. The second-order valence-corrected chi connectivity index (χ2v) is 6.11. The molecular weight excluding hydrogens is 313 g/mol. The summed E-state index contributed by atoms with van der Waals surface area (Å²) in [4.78, 5) is 0. The summed E-state index contributed by atoms with van der Waals surface area (Å²) < 4.78 is 48.5. The lowest BCUT2D eigenvalue weighted by atomic mass is 9.86. The zero-order chi connectivity index (χ0) is 16.9. The van der Waals surface area contributed by atoms with E-state index in [1.807, 2.05) is 5.32 Å². The Balaban J connectivity index is 2.06. The Labute approximate surface area is 134 Å². The largest absolute Gasteiger partial charge is 0.459 e. The molecule has 1 heterocycles. The van der Waals surface area contributed by atoms with Gasteiger partial charge < -0.3 is 20.1 Å². The molecule has 2 rings (SSSR count). The van der Waals surface area contributed by atoms with Crippen molar-refractivity contribution in [2.24, 2.45) is 11.8 Å². The average Bonchev–Trinajstić information content (AvgIpc) is 3.03. The molecule has 0 aromatic heterocycles. The van der Waals surface area contributed by atoms with Crippen molar-refractivity contribution < 1.29 is 28.0 Å². The fourth-order valence-electron chi connectivity index (χ4n) is 3.55. The summed E-state index contributed by atoms with van der Waals surface area (Å²) >= 11 is 0. The monoisotopic (exact) mass is 340 g/mol. The van der Waals surface area contributed by atoms with Crippen molar-refractivity contribution in [3.05, 3.63) is 6.67 Å². The standard InChI is InChI=1S/C14H26F3N4O2/c1-18-8-19-13-20-11(22-2)10(9-5-3-4-6-9)12(21-13)23-7-14(15,16)17/h8-13,18-21H,3-7H2,1-2H3/q-1/p+1. The minimum Gasteiger partial charge on any atom is -0.459 e. The van der Waals surface area contributed by atoms with Crippen molar-refractivity contribution in [2.45, 2.75) is 50.6 Å². The Morgan fingerprint density at radius 3 is 2.57 bits per heavy atom. The molecule has 2 aliphatic rings. The van der Waals surface area contributed by atoms with E-state index in [1.165, 1.54) is 0 Å². The van der Waals surface area contributed by atoms with Crippen molar-refractivity contribution in [2.75, 3.05) is 20.8 Å². The molecule has 4 unspecified atom stereocenters. The molecule has 0 amide bonds. The second kappa shape index (κ2) is 8.59. The van der Waals surface area contributed by atoms with Crippen LogP contribution in [0.2, 0.25) is 0 Å². The van der Waals surface area contributed by atoms with Crippen molar-refractivity contribution in [1.29, 1.82) is 0 Å². The first kappa shape index (κ1) is 18.9. The number of alkyl halides is 3.